The van der Waals surface area contributed by atoms with Gasteiger partial charge in [-0.1, -0.05) is 19.1 Å². The molecule has 0 bridgehead atoms. The zero-order valence-electron chi connectivity index (χ0n) is 16.2. The minimum Gasteiger partial charge on any atom is -0.380 e. The molecule has 0 N–H and O–H groups in total. The summed E-state index contributed by atoms with van der Waals surface area (Å²) in [6.07, 6.45) is 0. The third kappa shape index (κ3) is 4.00. The first-order valence-electron chi connectivity index (χ1n) is 9.60. The van der Waals surface area contributed by atoms with E-state index in [0.717, 1.165) is 69.5 Å². The summed E-state index contributed by atoms with van der Waals surface area (Å²) in [7, 11) is 1.88. The van der Waals surface area contributed by atoms with Crippen LogP contribution in [0.15, 0.2) is 24.3 Å². The maximum Gasteiger partial charge on any atom is 0.242 e. The van der Waals surface area contributed by atoms with E-state index in [4.69, 9.17) is 14.5 Å². The van der Waals surface area contributed by atoms with Gasteiger partial charge in [-0.05, 0) is 12.1 Å². The van der Waals surface area contributed by atoms with E-state index in [0.29, 0.717) is 6.54 Å². The highest BCUT2D eigenvalue weighted by molar-refractivity contribution is 5.81. The maximum atomic E-state index is 12.9. The van der Waals surface area contributed by atoms with Crippen molar-refractivity contribution >= 4 is 16.9 Å². The van der Waals surface area contributed by atoms with Crippen LogP contribution in [0.2, 0.25) is 0 Å². The van der Waals surface area contributed by atoms with Gasteiger partial charge in [-0.2, -0.15) is 0 Å². The Balaban J connectivity index is 1.53. The van der Waals surface area contributed by atoms with Crippen molar-refractivity contribution in [3.63, 3.8) is 0 Å². The van der Waals surface area contributed by atoms with E-state index in [2.05, 4.69) is 16.4 Å². The summed E-state index contributed by atoms with van der Waals surface area (Å²) in [5.41, 5.74) is 2.04. The highest BCUT2D eigenvalue weighted by Gasteiger charge is 2.35. The topological polar surface area (TPSA) is 59.8 Å². The van der Waals surface area contributed by atoms with Gasteiger partial charge in [-0.3, -0.25) is 9.69 Å². The molecular weight excluding hydrogens is 344 g/mol. The minimum absolute atomic E-state index is 0.0814. The Labute approximate surface area is 159 Å². The van der Waals surface area contributed by atoms with Gasteiger partial charge in [0.25, 0.3) is 0 Å². The van der Waals surface area contributed by atoms with Crippen LogP contribution in [0.5, 0.6) is 0 Å². The lowest BCUT2D eigenvalue weighted by Gasteiger charge is -2.40. The predicted molar refractivity (Wildman–Crippen MR) is 102 cm³/mol. The number of fused-ring (bicyclic) bond motifs is 1. The van der Waals surface area contributed by atoms with Gasteiger partial charge >= 0.3 is 0 Å². The Morgan fingerprint density at radius 3 is 2.67 bits per heavy atom. The first-order chi connectivity index (χ1) is 13.0. The van der Waals surface area contributed by atoms with Crippen LogP contribution in [0, 0.1) is 5.41 Å². The van der Waals surface area contributed by atoms with Crippen LogP contribution in [0.1, 0.15) is 12.7 Å². The van der Waals surface area contributed by atoms with Gasteiger partial charge in [0, 0.05) is 32.1 Å². The number of hydrogen-bond acceptors (Lipinski definition) is 5. The second-order valence-corrected chi connectivity index (χ2v) is 8.04. The summed E-state index contributed by atoms with van der Waals surface area (Å²) in [6, 6.07) is 8.04. The number of carbonyl (C=O) groups is 1. The SMILES string of the molecule is CN(CC1(C)COC1)C(=O)Cn1c(CN2CCOCC2)nc2ccccc21. The summed E-state index contributed by atoms with van der Waals surface area (Å²) in [5, 5.41) is 0. The zero-order chi connectivity index (χ0) is 18.9. The Morgan fingerprint density at radius 1 is 1.22 bits per heavy atom. The molecule has 0 atom stereocenters. The normalized spacial score (nSPS) is 19.8. The van der Waals surface area contributed by atoms with Crippen molar-refractivity contribution in [2.75, 3.05) is 53.1 Å². The average molecular weight is 372 g/mol. The van der Waals surface area contributed by atoms with Crippen LogP contribution in [0.3, 0.4) is 0 Å². The Morgan fingerprint density at radius 2 is 1.96 bits per heavy atom. The van der Waals surface area contributed by atoms with Crippen LogP contribution in [-0.4, -0.2) is 78.4 Å². The van der Waals surface area contributed by atoms with Gasteiger partial charge in [0.2, 0.25) is 5.91 Å². The van der Waals surface area contributed by atoms with Crippen molar-refractivity contribution in [3.8, 4) is 0 Å². The molecule has 0 aliphatic carbocycles. The van der Waals surface area contributed by atoms with Crippen LogP contribution in [0.4, 0.5) is 0 Å². The molecule has 7 heteroatoms. The summed E-state index contributed by atoms with van der Waals surface area (Å²) < 4.78 is 12.8. The second kappa shape index (κ2) is 7.58. The molecule has 1 aromatic heterocycles. The Hall–Kier alpha value is -1.96. The summed E-state index contributed by atoms with van der Waals surface area (Å²) in [4.78, 5) is 21.9. The van der Waals surface area contributed by atoms with Gasteiger partial charge in [0.05, 0.1) is 44.0 Å². The molecule has 0 radical (unpaired) electrons. The number of para-hydroxylation sites is 2. The van der Waals surface area contributed by atoms with Gasteiger partial charge < -0.3 is 18.9 Å². The summed E-state index contributed by atoms with van der Waals surface area (Å²) in [6.45, 7) is 8.68. The first-order valence-corrected chi connectivity index (χ1v) is 9.60. The average Bonchev–Trinajstić information content (AvgIpc) is 2.98. The molecule has 2 fully saturated rings. The Bertz CT molecular complexity index is 809. The molecular formula is C20H28N4O3. The van der Waals surface area contributed by atoms with Crippen molar-refractivity contribution in [1.29, 1.82) is 0 Å². The van der Waals surface area contributed by atoms with Crippen molar-refractivity contribution in [2.24, 2.45) is 5.41 Å². The van der Waals surface area contributed by atoms with Crippen molar-refractivity contribution in [1.82, 2.24) is 19.4 Å². The molecule has 1 aromatic carbocycles. The molecule has 3 heterocycles. The highest BCUT2D eigenvalue weighted by atomic mass is 16.5. The number of rotatable bonds is 6. The van der Waals surface area contributed by atoms with E-state index >= 15 is 0 Å². The van der Waals surface area contributed by atoms with Crippen LogP contribution >= 0.6 is 0 Å². The molecule has 4 rings (SSSR count). The van der Waals surface area contributed by atoms with Crippen molar-refractivity contribution in [3.05, 3.63) is 30.1 Å². The molecule has 2 aliphatic rings. The highest BCUT2D eigenvalue weighted by Crippen LogP contribution is 2.27. The third-order valence-corrected chi connectivity index (χ3v) is 5.44. The number of aromatic nitrogens is 2. The molecule has 0 saturated carbocycles. The molecule has 2 saturated heterocycles. The zero-order valence-corrected chi connectivity index (χ0v) is 16.2. The number of amides is 1. The van der Waals surface area contributed by atoms with E-state index in [1.54, 1.807) is 0 Å². The van der Waals surface area contributed by atoms with E-state index in [-0.39, 0.29) is 11.3 Å². The number of likely N-dealkylation sites (N-methyl/N-ethyl adjacent to an activating group) is 1. The number of imidazole rings is 1. The van der Waals surface area contributed by atoms with Gasteiger partial charge in [-0.25, -0.2) is 4.98 Å². The van der Waals surface area contributed by atoms with Gasteiger partial charge in [-0.15, -0.1) is 0 Å². The maximum absolute atomic E-state index is 12.9. The molecule has 1 amide bonds. The van der Waals surface area contributed by atoms with Gasteiger partial charge in [0.15, 0.2) is 0 Å². The lowest BCUT2D eigenvalue weighted by Crippen LogP contribution is -2.49. The van der Waals surface area contributed by atoms with E-state index in [1.165, 1.54) is 0 Å². The molecule has 2 aromatic rings. The van der Waals surface area contributed by atoms with E-state index in [1.807, 2.05) is 36.2 Å². The van der Waals surface area contributed by atoms with Gasteiger partial charge in [0.1, 0.15) is 12.4 Å². The molecule has 0 unspecified atom stereocenters. The van der Waals surface area contributed by atoms with E-state index < -0.39 is 0 Å². The number of ether oxygens (including phenoxy) is 2. The molecule has 27 heavy (non-hydrogen) atoms. The lowest BCUT2D eigenvalue weighted by molar-refractivity contribution is -0.142. The molecule has 146 valence electrons. The summed E-state index contributed by atoms with van der Waals surface area (Å²) in [5.74, 6) is 1.05. The van der Waals surface area contributed by atoms with Crippen LogP contribution < -0.4 is 0 Å². The van der Waals surface area contributed by atoms with E-state index in [9.17, 15) is 4.79 Å². The molecule has 2 aliphatic heterocycles. The number of hydrogen-bond donors (Lipinski definition) is 0. The number of nitrogens with zero attached hydrogens (tertiary/aromatic N) is 4. The number of morpholine rings is 1. The van der Waals surface area contributed by atoms with Crippen molar-refractivity contribution < 1.29 is 14.3 Å². The predicted octanol–water partition coefficient (Wildman–Crippen LogP) is 1.36. The summed E-state index contributed by atoms with van der Waals surface area (Å²) >= 11 is 0. The standard InChI is InChI=1S/C20H28N4O3/c1-20(14-27-15-20)13-22(2)19(25)12-24-17-6-4-3-5-16(17)21-18(24)11-23-7-9-26-10-8-23/h3-6H,7-15H2,1-2H3. The van der Waals surface area contributed by atoms with Crippen LogP contribution in [0.25, 0.3) is 11.0 Å². The molecule has 7 nitrogen and oxygen atoms in total. The minimum atomic E-state index is 0.0814. The third-order valence-electron chi connectivity index (χ3n) is 5.44. The second-order valence-electron chi connectivity index (χ2n) is 8.04. The number of benzene rings is 1. The fourth-order valence-corrected chi connectivity index (χ4v) is 3.84. The van der Waals surface area contributed by atoms with Crippen molar-refractivity contribution in [2.45, 2.75) is 20.0 Å². The fraction of sp³-hybridized carbons (Fsp3) is 0.600. The Kier molecular flexibility index (Phi) is 5.16. The fourth-order valence-electron chi connectivity index (χ4n) is 3.84. The number of carbonyl (C=O) groups excluding carboxylic acids is 1. The first kappa shape index (κ1) is 18.4. The largest absolute Gasteiger partial charge is 0.380 e. The lowest BCUT2D eigenvalue weighted by atomic mass is 9.88. The smallest absolute Gasteiger partial charge is 0.242 e. The quantitative estimate of drug-likeness (QED) is 0.766. The monoisotopic (exact) mass is 372 g/mol. The van der Waals surface area contributed by atoms with Crippen LogP contribution in [-0.2, 0) is 27.4 Å². The molecule has 0 spiro atoms.